The van der Waals surface area contributed by atoms with Gasteiger partial charge in [-0.25, -0.2) is 0 Å². The lowest BCUT2D eigenvalue weighted by molar-refractivity contribution is 0.279. The predicted molar refractivity (Wildman–Crippen MR) is 59.8 cm³/mol. The molecule has 1 rings (SSSR count). The van der Waals surface area contributed by atoms with E-state index in [-0.39, 0.29) is 0 Å². The van der Waals surface area contributed by atoms with Gasteiger partial charge >= 0.3 is 0 Å². The van der Waals surface area contributed by atoms with E-state index in [0.29, 0.717) is 0 Å². The van der Waals surface area contributed by atoms with Crippen LogP contribution in [0.4, 0.5) is 0 Å². The second-order valence-corrected chi connectivity index (χ2v) is 4.98. The van der Waals surface area contributed by atoms with Gasteiger partial charge in [-0.15, -0.1) is 0 Å². The Bertz CT molecular complexity index is 155. The number of hydrogen-bond acceptors (Lipinski definition) is 0. The van der Waals surface area contributed by atoms with Gasteiger partial charge in [-0.2, -0.15) is 0 Å². The van der Waals surface area contributed by atoms with Crippen LogP contribution >= 0.6 is 0 Å². The first-order valence-electron chi connectivity index (χ1n) is 5.82. The molecular weight excluding hydrogens is 156 g/mol. The Balaban J connectivity index is 2.12. The first-order valence-corrected chi connectivity index (χ1v) is 5.82. The molecule has 0 saturated heterocycles. The van der Waals surface area contributed by atoms with E-state index in [1.165, 1.54) is 44.1 Å². The van der Waals surface area contributed by atoms with Crippen LogP contribution in [0.1, 0.15) is 59.3 Å². The van der Waals surface area contributed by atoms with E-state index in [4.69, 9.17) is 0 Å². The zero-order chi connectivity index (χ0) is 9.68. The van der Waals surface area contributed by atoms with Crippen molar-refractivity contribution in [2.75, 3.05) is 0 Å². The Morgan fingerprint density at radius 2 is 1.77 bits per heavy atom. The van der Waals surface area contributed by atoms with Gasteiger partial charge in [0.2, 0.25) is 0 Å². The SMILES string of the molecule is CC(C)=CCCC1CCC(C)CC1. The first-order chi connectivity index (χ1) is 6.18. The van der Waals surface area contributed by atoms with Crippen LogP contribution in [0.15, 0.2) is 11.6 Å². The van der Waals surface area contributed by atoms with Crippen molar-refractivity contribution in [1.82, 2.24) is 0 Å². The lowest BCUT2D eigenvalue weighted by Crippen LogP contribution is -2.11. The highest BCUT2D eigenvalue weighted by Gasteiger charge is 2.16. The number of rotatable bonds is 3. The molecule has 0 heterocycles. The van der Waals surface area contributed by atoms with Crippen LogP contribution in [-0.4, -0.2) is 0 Å². The summed E-state index contributed by atoms with van der Waals surface area (Å²) in [6, 6.07) is 0. The molecule has 1 aliphatic carbocycles. The Morgan fingerprint density at radius 3 is 2.31 bits per heavy atom. The highest BCUT2D eigenvalue weighted by atomic mass is 14.2. The molecule has 1 aliphatic rings. The summed E-state index contributed by atoms with van der Waals surface area (Å²) in [6.07, 6.45) is 11.0. The van der Waals surface area contributed by atoms with Crippen molar-refractivity contribution in [2.45, 2.75) is 59.3 Å². The third-order valence-corrected chi connectivity index (χ3v) is 3.26. The largest absolute Gasteiger partial charge is 0.0859 e. The van der Waals surface area contributed by atoms with Crippen LogP contribution in [-0.2, 0) is 0 Å². The normalized spacial score (nSPS) is 28.5. The van der Waals surface area contributed by atoms with E-state index in [2.05, 4.69) is 26.8 Å². The van der Waals surface area contributed by atoms with E-state index in [0.717, 1.165) is 11.8 Å². The van der Waals surface area contributed by atoms with Crippen LogP contribution in [0.5, 0.6) is 0 Å². The van der Waals surface area contributed by atoms with Gasteiger partial charge in [0.05, 0.1) is 0 Å². The molecule has 0 unspecified atom stereocenters. The van der Waals surface area contributed by atoms with E-state index >= 15 is 0 Å². The minimum Gasteiger partial charge on any atom is -0.0859 e. The highest BCUT2D eigenvalue weighted by molar-refractivity contribution is 4.93. The van der Waals surface area contributed by atoms with Gasteiger partial charge in [-0.1, -0.05) is 44.3 Å². The van der Waals surface area contributed by atoms with Gasteiger partial charge in [0.15, 0.2) is 0 Å². The molecule has 0 radical (unpaired) electrons. The molecule has 0 spiro atoms. The summed E-state index contributed by atoms with van der Waals surface area (Å²) < 4.78 is 0. The van der Waals surface area contributed by atoms with Crippen LogP contribution in [0.2, 0.25) is 0 Å². The molecule has 0 aromatic heterocycles. The molecule has 0 aromatic rings. The van der Waals surface area contributed by atoms with Crippen LogP contribution < -0.4 is 0 Å². The molecule has 0 nitrogen and oxygen atoms in total. The lowest BCUT2D eigenvalue weighted by atomic mass is 9.81. The lowest BCUT2D eigenvalue weighted by Gasteiger charge is -2.25. The molecule has 76 valence electrons. The van der Waals surface area contributed by atoms with E-state index in [9.17, 15) is 0 Å². The quantitative estimate of drug-likeness (QED) is 0.558. The molecule has 0 aromatic carbocycles. The third-order valence-electron chi connectivity index (χ3n) is 3.26. The second-order valence-electron chi connectivity index (χ2n) is 4.98. The molecular formula is C13H24. The molecule has 1 saturated carbocycles. The van der Waals surface area contributed by atoms with Gasteiger partial charge < -0.3 is 0 Å². The average molecular weight is 180 g/mol. The second kappa shape index (κ2) is 5.47. The fourth-order valence-electron chi connectivity index (χ4n) is 2.23. The summed E-state index contributed by atoms with van der Waals surface area (Å²) in [6.45, 7) is 6.79. The number of hydrogen-bond donors (Lipinski definition) is 0. The van der Waals surface area contributed by atoms with Crippen LogP contribution in [0.3, 0.4) is 0 Å². The van der Waals surface area contributed by atoms with E-state index < -0.39 is 0 Å². The first kappa shape index (κ1) is 10.8. The molecule has 0 atom stereocenters. The van der Waals surface area contributed by atoms with E-state index in [1.807, 2.05) is 0 Å². The Morgan fingerprint density at radius 1 is 1.15 bits per heavy atom. The summed E-state index contributed by atoms with van der Waals surface area (Å²) in [7, 11) is 0. The molecule has 0 bridgehead atoms. The zero-order valence-electron chi connectivity index (χ0n) is 9.47. The topological polar surface area (TPSA) is 0 Å². The van der Waals surface area contributed by atoms with Crippen molar-refractivity contribution in [3.8, 4) is 0 Å². The van der Waals surface area contributed by atoms with Gasteiger partial charge in [-0.05, 0) is 38.5 Å². The fraction of sp³-hybridized carbons (Fsp3) is 0.846. The molecule has 0 aliphatic heterocycles. The maximum Gasteiger partial charge on any atom is -0.0346 e. The van der Waals surface area contributed by atoms with Gasteiger partial charge in [0.1, 0.15) is 0 Å². The summed E-state index contributed by atoms with van der Waals surface area (Å²) in [5.74, 6) is 2.03. The van der Waals surface area contributed by atoms with Crippen molar-refractivity contribution in [1.29, 1.82) is 0 Å². The Kier molecular flexibility index (Phi) is 4.55. The molecule has 13 heavy (non-hydrogen) atoms. The molecule has 0 heteroatoms. The van der Waals surface area contributed by atoms with Crippen molar-refractivity contribution >= 4 is 0 Å². The Labute approximate surface area is 83.4 Å². The van der Waals surface area contributed by atoms with Crippen molar-refractivity contribution in [3.05, 3.63) is 11.6 Å². The van der Waals surface area contributed by atoms with E-state index in [1.54, 1.807) is 0 Å². The molecule has 0 amide bonds. The van der Waals surface area contributed by atoms with Crippen molar-refractivity contribution in [2.24, 2.45) is 11.8 Å². The fourth-order valence-corrected chi connectivity index (χ4v) is 2.23. The smallest absolute Gasteiger partial charge is 0.0346 e. The summed E-state index contributed by atoms with van der Waals surface area (Å²) >= 11 is 0. The van der Waals surface area contributed by atoms with Crippen LogP contribution in [0.25, 0.3) is 0 Å². The minimum absolute atomic E-state index is 1.000. The summed E-state index contributed by atoms with van der Waals surface area (Å²) in [5.41, 5.74) is 1.48. The minimum atomic E-state index is 1.000. The predicted octanol–water partition coefficient (Wildman–Crippen LogP) is 4.56. The van der Waals surface area contributed by atoms with Crippen molar-refractivity contribution in [3.63, 3.8) is 0 Å². The monoisotopic (exact) mass is 180 g/mol. The maximum atomic E-state index is 2.40. The maximum absolute atomic E-state index is 2.40. The summed E-state index contributed by atoms with van der Waals surface area (Å²) in [5, 5.41) is 0. The van der Waals surface area contributed by atoms with Gasteiger partial charge in [-0.3, -0.25) is 0 Å². The Hall–Kier alpha value is -0.260. The van der Waals surface area contributed by atoms with Crippen LogP contribution in [0, 0.1) is 11.8 Å². The highest BCUT2D eigenvalue weighted by Crippen LogP contribution is 2.31. The average Bonchev–Trinajstić information content (AvgIpc) is 2.08. The third kappa shape index (κ3) is 4.50. The molecule has 0 N–H and O–H groups in total. The molecule has 1 fully saturated rings. The van der Waals surface area contributed by atoms with Gasteiger partial charge in [0, 0.05) is 0 Å². The summed E-state index contributed by atoms with van der Waals surface area (Å²) in [4.78, 5) is 0. The van der Waals surface area contributed by atoms with Gasteiger partial charge in [0.25, 0.3) is 0 Å². The number of allylic oxidation sites excluding steroid dienone is 2. The van der Waals surface area contributed by atoms with Crippen molar-refractivity contribution < 1.29 is 0 Å². The standard InChI is InChI=1S/C13H24/c1-11(2)5-4-6-13-9-7-12(3)8-10-13/h5,12-13H,4,6-10H2,1-3H3. The zero-order valence-corrected chi connectivity index (χ0v) is 9.47.